The lowest BCUT2D eigenvalue weighted by molar-refractivity contribution is -0.122. The smallest absolute Gasteiger partial charge is 0.244 e. The van der Waals surface area contributed by atoms with Gasteiger partial charge in [-0.3, -0.25) is 9.69 Å². The van der Waals surface area contributed by atoms with E-state index in [1.807, 2.05) is 12.1 Å². The lowest BCUT2D eigenvalue weighted by Gasteiger charge is -2.26. The first-order valence-corrected chi connectivity index (χ1v) is 9.22. The first-order chi connectivity index (χ1) is 13.8. The van der Waals surface area contributed by atoms with E-state index >= 15 is 0 Å². The third kappa shape index (κ3) is 4.81. The molecule has 1 amide bonds. The molecule has 0 unspecified atom stereocenters. The van der Waals surface area contributed by atoms with Gasteiger partial charge in [0, 0.05) is 25.2 Å². The van der Waals surface area contributed by atoms with E-state index in [2.05, 4.69) is 37.8 Å². The number of carbonyl (C=O) groups is 1. The first-order valence-electron chi connectivity index (χ1n) is 9.22. The molecule has 1 saturated heterocycles. The number of nitrogens with one attached hydrogen (secondary N) is 1. The predicted octanol–water partition coefficient (Wildman–Crippen LogP) is 1.08. The third-order valence-corrected chi connectivity index (χ3v) is 4.50. The molecular weight excluding hydrogens is 360 g/mol. The molecule has 1 fully saturated rings. The van der Waals surface area contributed by atoms with Gasteiger partial charge in [-0.05, 0) is 22.9 Å². The van der Waals surface area contributed by atoms with Crippen molar-refractivity contribution in [2.24, 2.45) is 0 Å². The highest BCUT2D eigenvalue weighted by Gasteiger charge is 2.12. The fraction of sp³-hybridized carbons (Fsp3) is 0.368. The lowest BCUT2D eigenvalue weighted by Crippen LogP contribution is -2.35. The molecule has 0 bridgehead atoms. The number of hydrogen-bond donors (Lipinski definition) is 1. The summed E-state index contributed by atoms with van der Waals surface area (Å²) in [5.41, 5.74) is 2.10. The van der Waals surface area contributed by atoms with Crippen LogP contribution in [0.4, 0.5) is 0 Å². The van der Waals surface area contributed by atoms with E-state index in [1.165, 1.54) is 10.4 Å². The Morgan fingerprint density at radius 2 is 1.96 bits per heavy atom. The Morgan fingerprint density at radius 3 is 2.71 bits per heavy atom. The number of nitrogens with zero attached hydrogens (tertiary/aromatic N) is 5. The van der Waals surface area contributed by atoms with E-state index in [0.29, 0.717) is 18.1 Å². The van der Waals surface area contributed by atoms with Gasteiger partial charge in [-0.1, -0.05) is 24.3 Å². The topological polar surface area (TPSA) is 98.3 Å². The second-order valence-corrected chi connectivity index (χ2v) is 6.58. The molecule has 3 aromatic rings. The summed E-state index contributed by atoms with van der Waals surface area (Å²) in [6.45, 7) is 4.74. The molecule has 1 aromatic carbocycles. The number of morpholine rings is 1. The van der Waals surface area contributed by atoms with Crippen LogP contribution in [0, 0.1) is 0 Å². The summed E-state index contributed by atoms with van der Waals surface area (Å²) in [4.78, 5) is 15.6. The maximum atomic E-state index is 12.0. The van der Waals surface area contributed by atoms with Gasteiger partial charge in [0.15, 0.2) is 0 Å². The minimum Gasteiger partial charge on any atom is -0.467 e. The number of carbonyl (C=O) groups excluding carboxylic acids is 1. The van der Waals surface area contributed by atoms with E-state index in [-0.39, 0.29) is 12.5 Å². The molecule has 2 aromatic heterocycles. The number of rotatable bonds is 7. The molecule has 0 saturated carbocycles. The molecule has 0 aliphatic carbocycles. The first kappa shape index (κ1) is 18.3. The molecule has 9 nitrogen and oxygen atoms in total. The molecule has 28 heavy (non-hydrogen) atoms. The fourth-order valence-electron chi connectivity index (χ4n) is 2.99. The Balaban J connectivity index is 1.31. The van der Waals surface area contributed by atoms with Crippen molar-refractivity contribution in [1.82, 2.24) is 30.4 Å². The zero-order chi connectivity index (χ0) is 19.2. The summed E-state index contributed by atoms with van der Waals surface area (Å²) >= 11 is 0. The van der Waals surface area contributed by atoms with Crippen LogP contribution in [-0.4, -0.2) is 57.3 Å². The summed E-state index contributed by atoms with van der Waals surface area (Å²) in [5.74, 6) is 0.982. The number of amides is 1. The van der Waals surface area contributed by atoms with Crippen LogP contribution >= 0.6 is 0 Å². The predicted molar refractivity (Wildman–Crippen MR) is 99.9 cm³/mol. The summed E-state index contributed by atoms with van der Waals surface area (Å²) < 4.78 is 10.6. The van der Waals surface area contributed by atoms with Gasteiger partial charge in [-0.2, -0.15) is 4.80 Å². The average molecular weight is 382 g/mol. The number of hydrogen-bond acceptors (Lipinski definition) is 7. The van der Waals surface area contributed by atoms with Crippen molar-refractivity contribution in [1.29, 1.82) is 0 Å². The van der Waals surface area contributed by atoms with Crippen LogP contribution in [-0.2, 0) is 29.2 Å². The van der Waals surface area contributed by atoms with Crippen LogP contribution < -0.4 is 5.32 Å². The fourth-order valence-corrected chi connectivity index (χ4v) is 2.99. The minimum atomic E-state index is -0.207. The largest absolute Gasteiger partial charge is 0.467 e. The van der Waals surface area contributed by atoms with Crippen LogP contribution in [0.2, 0.25) is 0 Å². The van der Waals surface area contributed by atoms with Gasteiger partial charge in [0.1, 0.15) is 12.3 Å². The van der Waals surface area contributed by atoms with Gasteiger partial charge in [0.25, 0.3) is 0 Å². The van der Waals surface area contributed by atoms with Gasteiger partial charge in [-0.15, -0.1) is 10.2 Å². The van der Waals surface area contributed by atoms with Gasteiger partial charge in [0.2, 0.25) is 11.7 Å². The Bertz CT molecular complexity index is 885. The second kappa shape index (κ2) is 8.77. The molecule has 1 aliphatic rings. The SMILES string of the molecule is O=C(Cn1nnc(-c2ccc(CN3CCOCC3)cc2)n1)NCc1ccco1. The summed E-state index contributed by atoms with van der Waals surface area (Å²) in [6.07, 6.45) is 1.57. The van der Waals surface area contributed by atoms with Crippen molar-refractivity contribution in [2.45, 2.75) is 19.6 Å². The van der Waals surface area contributed by atoms with E-state index in [9.17, 15) is 4.79 Å². The van der Waals surface area contributed by atoms with E-state index in [1.54, 1.807) is 18.4 Å². The van der Waals surface area contributed by atoms with Crippen molar-refractivity contribution in [2.75, 3.05) is 26.3 Å². The van der Waals surface area contributed by atoms with Crippen molar-refractivity contribution in [3.63, 3.8) is 0 Å². The third-order valence-electron chi connectivity index (χ3n) is 4.50. The monoisotopic (exact) mass is 382 g/mol. The maximum absolute atomic E-state index is 12.0. The summed E-state index contributed by atoms with van der Waals surface area (Å²) in [6, 6.07) is 11.7. The molecule has 0 radical (unpaired) electrons. The van der Waals surface area contributed by atoms with E-state index in [4.69, 9.17) is 9.15 Å². The highest BCUT2D eigenvalue weighted by molar-refractivity contribution is 5.75. The van der Waals surface area contributed by atoms with Gasteiger partial charge in [0.05, 0.1) is 26.0 Å². The Hall–Kier alpha value is -3.04. The van der Waals surface area contributed by atoms with Crippen LogP contribution in [0.3, 0.4) is 0 Å². The molecule has 0 atom stereocenters. The van der Waals surface area contributed by atoms with Crippen LogP contribution in [0.1, 0.15) is 11.3 Å². The maximum Gasteiger partial charge on any atom is 0.244 e. The number of benzene rings is 1. The van der Waals surface area contributed by atoms with Crippen LogP contribution in [0.15, 0.2) is 47.1 Å². The molecule has 3 heterocycles. The number of tetrazole rings is 1. The molecule has 1 N–H and O–H groups in total. The van der Waals surface area contributed by atoms with Crippen molar-refractivity contribution >= 4 is 5.91 Å². The summed E-state index contributed by atoms with van der Waals surface area (Å²) in [7, 11) is 0. The minimum absolute atomic E-state index is 0.00280. The molecule has 9 heteroatoms. The number of ether oxygens (including phenoxy) is 1. The summed E-state index contributed by atoms with van der Waals surface area (Å²) in [5, 5.41) is 15.1. The average Bonchev–Trinajstić information content (AvgIpc) is 3.40. The molecule has 4 rings (SSSR count). The van der Waals surface area contributed by atoms with Crippen molar-refractivity contribution < 1.29 is 13.9 Å². The standard InChI is InChI=1S/C19H22N6O3/c26-18(20-12-17-2-1-9-28-17)14-25-22-19(21-23-25)16-5-3-15(4-6-16)13-24-7-10-27-11-8-24/h1-6,9H,7-8,10-14H2,(H,20,26). The van der Waals surface area contributed by atoms with Crippen molar-refractivity contribution in [3.8, 4) is 11.4 Å². The second-order valence-electron chi connectivity index (χ2n) is 6.58. The molecular formula is C19H22N6O3. The lowest BCUT2D eigenvalue weighted by atomic mass is 10.1. The number of furan rings is 1. The Kier molecular flexibility index (Phi) is 5.74. The van der Waals surface area contributed by atoms with Crippen molar-refractivity contribution in [3.05, 3.63) is 54.0 Å². The van der Waals surface area contributed by atoms with Gasteiger partial charge < -0.3 is 14.5 Å². The Labute approximate surface area is 162 Å². The van der Waals surface area contributed by atoms with Gasteiger partial charge in [-0.25, -0.2) is 0 Å². The number of aromatic nitrogens is 4. The Morgan fingerprint density at radius 1 is 1.14 bits per heavy atom. The van der Waals surface area contributed by atoms with E-state index in [0.717, 1.165) is 38.4 Å². The van der Waals surface area contributed by atoms with Crippen LogP contribution in [0.5, 0.6) is 0 Å². The quantitative estimate of drug-likeness (QED) is 0.653. The highest BCUT2D eigenvalue weighted by Crippen LogP contribution is 2.16. The normalized spacial score (nSPS) is 14.9. The van der Waals surface area contributed by atoms with Gasteiger partial charge >= 0.3 is 0 Å². The zero-order valence-corrected chi connectivity index (χ0v) is 15.5. The van der Waals surface area contributed by atoms with Crippen LogP contribution in [0.25, 0.3) is 11.4 Å². The van der Waals surface area contributed by atoms with E-state index < -0.39 is 0 Å². The zero-order valence-electron chi connectivity index (χ0n) is 15.5. The molecule has 146 valence electrons. The molecule has 0 spiro atoms. The molecule has 1 aliphatic heterocycles. The highest BCUT2D eigenvalue weighted by atomic mass is 16.5.